The van der Waals surface area contributed by atoms with Gasteiger partial charge in [0.15, 0.2) is 0 Å². The van der Waals surface area contributed by atoms with Crippen LogP contribution in [0.2, 0.25) is 0 Å². The third-order valence-corrected chi connectivity index (χ3v) is 5.29. The lowest BCUT2D eigenvalue weighted by molar-refractivity contribution is -0.126. The number of hydrogen-bond acceptors (Lipinski definition) is 3. The molecule has 1 aliphatic heterocycles. The van der Waals surface area contributed by atoms with Crippen molar-refractivity contribution in [1.82, 2.24) is 5.43 Å². The molecule has 0 unspecified atom stereocenters. The van der Waals surface area contributed by atoms with E-state index in [1.165, 1.54) is 11.1 Å². The van der Waals surface area contributed by atoms with Gasteiger partial charge < -0.3 is 4.90 Å². The minimum absolute atomic E-state index is 0.0309. The summed E-state index contributed by atoms with van der Waals surface area (Å²) >= 11 is 0. The molecule has 0 radical (unpaired) electrons. The maximum Gasteiger partial charge on any atom is 0.245 e. The topological polar surface area (TPSA) is 61.8 Å². The van der Waals surface area contributed by atoms with Crippen LogP contribution in [0.4, 0.5) is 5.69 Å². The molecule has 0 bridgehead atoms. The fourth-order valence-electron chi connectivity index (χ4n) is 3.25. The molecule has 28 heavy (non-hydrogen) atoms. The molecule has 2 aromatic rings. The summed E-state index contributed by atoms with van der Waals surface area (Å²) in [7, 11) is 0. The Bertz CT molecular complexity index is 901. The first-order valence-electron chi connectivity index (χ1n) is 9.65. The van der Waals surface area contributed by atoms with Crippen LogP contribution in [-0.4, -0.2) is 24.6 Å². The summed E-state index contributed by atoms with van der Waals surface area (Å²) in [5.41, 5.74) is 7.91. The number of rotatable bonds is 5. The molecule has 146 valence electrons. The molecule has 1 heterocycles. The highest BCUT2D eigenvalue weighted by atomic mass is 16.2. The zero-order chi connectivity index (χ0) is 20.3. The van der Waals surface area contributed by atoms with Crippen LogP contribution >= 0.6 is 0 Å². The highest BCUT2D eigenvalue weighted by molar-refractivity contribution is 6.00. The number of nitrogens with one attached hydrogen (secondary N) is 1. The highest BCUT2D eigenvalue weighted by Crippen LogP contribution is 2.27. The Morgan fingerprint density at radius 1 is 1.14 bits per heavy atom. The molecular formula is C23H27N3O2. The molecule has 2 amide bonds. The quantitative estimate of drug-likeness (QED) is 0.634. The molecule has 2 aromatic carbocycles. The van der Waals surface area contributed by atoms with E-state index in [2.05, 4.69) is 36.5 Å². The van der Waals surface area contributed by atoms with Crippen LogP contribution in [-0.2, 0) is 9.59 Å². The normalized spacial score (nSPS) is 17.0. The van der Waals surface area contributed by atoms with Gasteiger partial charge in [0.05, 0.1) is 12.1 Å². The van der Waals surface area contributed by atoms with Crippen molar-refractivity contribution >= 4 is 23.7 Å². The number of nitrogens with zero attached hydrogens (tertiary/aromatic N) is 2. The largest absolute Gasteiger partial charge is 0.312 e. The standard InChI is InChI=1S/C23H27N3O2/c1-15(2)19-8-6-18(7-9-19)13-24-25-23(28)20-12-22(27)26(14-20)21-10-5-16(3)17(4)11-21/h5-11,13,15,20H,12,14H2,1-4H3,(H,25,28)/b24-13-/t20-/m1/s1. The van der Waals surface area contributed by atoms with Crippen molar-refractivity contribution in [1.29, 1.82) is 0 Å². The Morgan fingerprint density at radius 2 is 1.86 bits per heavy atom. The monoisotopic (exact) mass is 377 g/mol. The van der Waals surface area contributed by atoms with Gasteiger partial charge in [0, 0.05) is 18.7 Å². The molecule has 3 rings (SSSR count). The molecular weight excluding hydrogens is 350 g/mol. The van der Waals surface area contributed by atoms with E-state index in [0.717, 1.165) is 16.8 Å². The van der Waals surface area contributed by atoms with Gasteiger partial charge in [0.1, 0.15) is 0 Å². The van der Waals surface area contributed by atoms with E-state index < -0.39 is 5.92 Å². The first-order valence-corrected chi connectivity index (χ1v) is 9.65. The van der Waals surface area contributed by atoms with Gasteiger partial charge >= 0.3 is 0 Å². The fourth-order valence-corrected chi connectivity index (χ4v) is 3.25. The second kappa shape index (κ2) is 8.38. The van der Waals surface area contributed by atoms with E-state index in [0.29, 0.717) is 12.5 Å². The number of benzene rings is 2. The number of carbonyl (C=O) groups excluding carboxylic acids is 2. The Balaban J connectivity index is 1.59. The van der Waals surface area contributed by atoms with Crippen LogP contribution in [0, 0.1) is 19.8 Å². The molecule has 1 saturated heterocycles. The van der Waals surface area contributed by atoms with Gasteiger partial charge in [-0.15, -0.1) is 0 Å². The SMILES string of the molecule is Cc1ccc(N2C[C@H](C(=O)N/N=C\c3ccc(C(C)C)cc3)CC2=O)cc1C. The van der Waals surface area contributed by atoms with E-state index in [-0.39, 0.29) is 18.2 Å². The third-order valence-electron chi connectivity index (χ3n) is 5.29. The van der Waals surface area contributed by atoms with Gasteiger partial charge in [0.25, 0.3) is 0 Å². The van der Waals surface area contributed by atoms with Gasteiger partial charge in [0.2, 0.25) is 11.8 Å². The van der Waals surface area contributed by atoms with Gasteiger partial charge in [-0.2, -0.15) is 5.10 Å². The van der Waals surface area contributed by atoms with Gasteiger partial charge in [-0.3, -0.25) is 9.59 Å². The van der Waals surface area contributed by atoms with Gasteiger partial charge in [-0.1, -0.05) is 44.2 Å². The number of aryl methyl sites for hydroxylation is 2. The summed E-state index contributed by atoms with van der Waals surface area (Å²) in [4.78, 5) is 26.5. The second-order valence-corrected chi connectivity index (χ2v) is 7.73. The molecule has 1 fully saturated rings. The van der Waals surface area contributed by atoms with Crippen molar-refractivity contribution in [2.24, 2.45) is 11.0 Å². The summed E-state index contributed by atoms with van der Waals surface area (Å²) in [5, 5.41) is 4.05. The first-order chi connectivity index (χ1) is 13.3. The summed E-state index contributed by atoms with van der Waals surface area (Å²) in [6, 6.07) is 14.0. The van der Waals surface area contributed by atoms with Crippen molar-refractivity contribution in [3.8, 4) is 0 Å². The number of amides is 2. The van der Waals surface area contributed by atoms with Crippen molar-refractivity contribution in [3.05, 3.63) is 64.7 Å². The Hall–Kier alpha value is -2.95. The van der Waals surface area contributed by atoms with Crippen LogP contribution in [0.15, 0.2) is 47.6 Å². The first kappa shape index (κ1) is 19.8. The summed E-state index contributed by atoms with van der Waals surface area (Å²) < 4.78 is 0. The van der Waals surface area contributed by atoms with Crippen LogP contribution < -0.4 is 10.3 Å². The number of hydrogen-bond donors (Lipinski definition) is 1. The average Bonchev–Trinajstić information content (AvgIpc) is 3.06. The predicted molar refractivity (Wildman–Crippen MR) is 113 cm³/mol. The van der Waals surface area contributed by atoms with E-state index in [9.17, 15) is 9.59 Å². The molecule has 0 saturated carbocycles. The van der Waals surface area contributed by atoms with E-state index in [4.69, 9.17) is 0 Å². The number of anilines is 1. The van der Waals surface area contributed by atoms with Gasteiger partial charge in [-0.25, -0.2) is 5.43 Å². The molecule has 1 aliphatic rings. The summed E-state index contributed by atoms with van der Waals surface area (Å²) in [6.07, 6.45) is 1.83. The van der Waals surface area contributed by atoms with Crippen molar-refractivity contribution in [2.75, 3.05) is 11.4 Å². The molecule has 0 aromatic heterocycles. The van der Waals surface area contributed by atoms with E-state index >= 15 is 0 Å². The fraction of sp³-hybridized carbons (Fsp3) is 0.348. The van der Waals surface area contributed by atoms with Crippen LogP contribution in [0.1, 0.15) is 48.4 Å². The van der Waals surface area contributed by atoms with E-state index in [1.807, 2.05) is 44.2 Å². The zero-order valence-electron chi connectivity index (χ0n) is 16.9. The molecule has 0 spiro atoms. The summed E-state index contributed by atoms with van der Waals surface area (Å²) in [5.74, 6) is -0.174. The number of carbonyl (C=O) groups is 2. The second-order valence-electron chi connectivity index (χ2n) is 7.73. The molecule has 1 atom stereocenters. The zero-order valence-corrected chi connectivity index (χ0v) is 16.9. The minimum atomic E-state index is -0.394. The highest BCUT2D eigenvalue weighted by Gasteiger charge is 2.35. The molecule has 5 heteroatoms. The molecule has 5 nitrogen and oxygen atoms in total. The maximum absolute atomic E-state index is 12.4. The average molecular weight is 377 g/mol. The Kier molecular flexibility index (Phi) is 5.93. The molecule has 0 aliphatic carbocycles. The van der Waals surface area contributed by atoms with Crippen molar-refractivity contribution < 1.29 is 9.59 Å². The van der Waals surface area contributed by atoms with Crippen molar-refractivity contribution in [2.45, 2.75) is 40.0 Å². The predicted octanol–water partition coefficient (Wildman–Crippen LogP) is 3.93. The van der Waals surface area contributed by atoms with Crippen LogP contribution in [0.5, 0.6) is 0 Å². The summed E-state index contributed by atoms with van der Waals surface area (Å²) in [6.45, 7) is 8.73. The smallest absolute Gasteiger partial charge is 0.245 e. The lowest BCUT2D eigenvalue weighted by Gasteiger charge is -2.17. The molecule has 1 N–H and O–H groups in total. The van der Waals surface area contributed by atoms with Crippen molar-refractivity contribution in [3.63, 3.8) is 0 Å². The Morgan fingerprint density at radius 3 is 2.50 bits per heavy atom. The third kappa shape index (κ3) is 4.47. The van der Waals surface area contributed by atoms with E-state index in [1.54, 1.807) is 11.1 Å². The van der Waals surface area contributed by atoms with Crippen LogP contribution in [0.25, 0.3) is 0 Å². The minimum Gasteiger partial charge on any atom is -0.312 e. The lowest BCUT2D eigenvalue weighted by Crippen LogP contribution is -2.30. The lowest BCUT2D eigenvalue weighted by atomic mass is 10.0. The Labute approximate surface area is 166 Å². The number of hydrazone groups is 1. The van der Waals surface area contributed by atoms with Gasteiger partial charge in [-0.05, 0) is 54.2 Å². The van der Waals surface area contributed by atoms with Crippen LogP contribution in [0.3, 0.4) is 0 Å². The maximum atomic E-state index is 12.4.